The van der Waals surface area contributed by atoms with Gasteiger partial charge in [-0.05, 0) is 37.0 Å². The van der Waals surface area contributed by atoms with E-state index in [1.807, 2.05) is 18.2 Å². The highest BCUT2D eigenvalue weighted by molar-refractivity contribution is 5.88. The minimum atomic E-state index is -1.53. The van der Waals surface area contributed by atoms with E-state index in [1.165, 1.54) is 10.8 Å². The number of aliphatic hydroxyl groups excluding tert-OH is 1. The van der Waals surface area contributed by atoms with Crippen LogP contribution in [-0.2, 0) is 45.3 Å². The molecule has 1 aliphatic rings. The molecule has 0 unspecified atom stereocenters. The first kappa shape index (κ1) is 33.4. The van der Waals surface area contributed by atoms with Crippen LogP contribution in [0.1, 0.15) is 45.9 Å². The van der Waals surface area contributed by atoms with Crippen LogP contribution in [-0.4, -0.2) is 75.5 Å². The Hall–Kier alpha value is -4.53. The molecule has 1 aromatic carbocycles. The van der Waals surface area contributed by atoms with Crippen molar-refractivity contribution in [2.24, 2.45) is 11.1 Å². The SMILES string of the molecule is C=C(C)OCOC(=O)Nc1ncnn2c([C@]3(C)O[C@H](COC(=O)Cc4ccccc4)[C@@H](OC(=O)[C@@H](N)C(C)(C)C)[C@H]3O)ccc12. The molecule has 5 atom stereocenters. The molecule has 0 bridgehead atoms. The summed E-state index contributed by atoms with van der Waals surface area (Å²) >= 11 is 0. The van der Waals surface area contributed by atoms with Crippen LogP contribution in [0.3, 0.4) is 0 Å². The Labute approximate surface area is 260 Å². The van der Waals surface area contributed by atoms with Crippen LogP contribution in [0, 0.1) is 5.41 Å². The van der Waals surface area contributed by atoms with Gasteiger partial charge < -0.3 is 34.5 Å². The maximum Gasteiger partial charge on any atom is 0.415 e. The summed E-state index contributed by atoms with van der Waals surface area (Å²) in [7, 11) is 0. The third kappa shape index (κ3) is 7.77. The predicted octanol–water partition coefficient (Wildman–Crippen LogP) is 2.83. The van der Waals surface area contributed by atoms with Gasteiger partial charge in [-0.2, -0.15) is 5.10 Å². The molecule has 4 N–H and O–H groups in total. The van der Waals surface area contributed by atoms with Gasteiger partial charge in [0.2, 0.25) is 6.79 Å². The van der Waals surface area contributed by atoms with Crippen LogP contribution in [0.5, 0.6) is 0 Å². The molecule has 3 aromatic rings. The lowest BCUT2D eigenvalue weighted by Gasteiger charge is -2.29. The average molecular weight is 626 g/mol. The van der Waals surface area contributed by atoms with Gasteiger partial charge in [0.1, 0.15) is 42.3 Å². The first-order valence-corrected chi connectivity index (χ1v) is 14.3. The van der Waals surface area contributed by atoms with Crippen molar-refractivity contribution in [2.45, 2.75) is 71.0 Å². The number of nitrogens with zero attached hydrogens (tertiary/aromatic N) is 3. The van der Waals surface area contributed by atoms with Crippen molar-refractivity contribution in [3.63, 3.8) is 0 Å². The number of amides is 1. The second kappa shape index (κ2) is 13.6. The van der Waals surface area contributed by atoms with E-state index in [-0.39, 0.29) is 25.6 Å². The number of carbonyl (C=O) groups is 3. The Morgan fingerprint density at radius 2 is 1.87 bits per heavy atom. The predicted molar refractivity (Wildman–Crippen MR) is 161 cm³/mol. The van der Waals surface area contributed by atoms with Crippen LogP contribution in [0.4, 0.5) is 10.6 Å². The number of esters is 2. The number of hydrogen-bond acceptors (Lipinski definition) is 12. The number of fused-ring (bicyclic) bond motifs is 1. The van der Waals surface area contributed by atoms with E-state index in [2.05, 4.69) is 22.0 Å². The van der Waals surface area contributed by atoms with E-state index in [9.17, 15) is 19.5 Å². The molecule has 0 aliphatic carbocycles. The van der Waals surface area contributed by atoms with Crippen LogP contribution in [0.2, 0.25) is 0 Å². The molecular weight excluding hydrogens is 586 g/mol. The number of anilines is 1. The Balaban J connectivity index is 1.58. The first-order chi connectivity index (χ1) is 21.2. The van der Waals surface area contributed by atoms with Gasteiger partial charge in [-0.3, -0.25) is 14.9 Å². The van der Waals surface area contributed by atoms with Gasteiger partial charge in [0, 0.05) is 0 Å². The smallest absolute Gasteiger partial charge is 0.415 e. The topological polar surface area (TPSA) is 186 Å². The normalized spacial score (nSPS) is 22.0. The fraction of sp³-hybridized carbons (Fsp3) is 0.452. The maximum atomic E-state index is 13.1. The van der Waals surface area contributed by atoms with Crippen molar-refractivity contribution in [2.75, 3.05) is 18.7 Å². The van der Waals surface area contributed by atoms with E-state index < -0.39 is 53.4 Å². The molecule has 2 aromatic heterocycles. The number of ether oxygens (including phenoxy) is 5. The highest BCUT2D eigenvalue weighted by atomic mass is 16.7. The summed E-state index contributed by atoms with van der Waals surface area (Å²) in [6, 6.07) is 11.3. The molecule has 0 radical (unpaired) electrons. The van der Waals surface area contributed by atoms with Gasteiger partial charge in [-0.1, -0.05) is 57.7 Å². The Kier molecular flexibility index (Phi) is 10.1. The molecular formula is C31H39N5O9. The van der Waals surface area contributed by atoms with Gasteiger partial charge in [0.05, 0.1) is 17.9 Å². The van der Waals surface area contributed by atoms with E-state index in [4.69, 9.17) is 29.4 Å². The molecule has 4 rings (SSSR count). The van der Waals surface area contributed by atoms with E-state index >= 15 is 0 Å². The third-order valence-electron chi connectivity index (χ3n) is 7.35. The number of hydrogen-bond donors (Lipinski definition) is 3. The minimum Gasteiger partial charge on any atom is -0.463 e. The average Bonchev–Trinajstić information content (AvgIpc) is 3.52. The van der Waals surface area contributed by atoms with E-state index in [1.54, 1.807) is 58.9 Å². The van der Waals surface area contributed by atoms with Gasteiger partial charge in [0.15, 0.2) is 11.9 Å². The zero-order valence-corrected chi connectivity index (χ0v) is 25.9. The fourth-order valence-electron chi connectivity index (χ4n) is 4.72. The Bertz CT molecular complexity index is 1540. The Morgan fingerprint density at radius 1 is 1.16 bits per heavy atom. The van der Waals surface area contributed by atoms with Gasteiger partial charge in [0.25, 0.3) is 0 Å². The molecule has 1 saturated heterocycles. The van der Waals surface area contributed by atoms with Crippen LogP contribution < -0.4 is 11.1 Å². The number of nitrogens with one attached hydrogen (secondary N) is 1. The second-order valence-electron chi connectivity index (χ2n) is 11.9. The highest BCUT2D eigenvalue weighted by Gasteiger charge is 2.56. The molecule has 1 amide bonds. The molecule has 242 valence electrons. The van der Waals surface area contributed by atoms with Crippen LogP contribution in [0.15, 0.2) is 61.1 Å². The third-order valence-corrected chi connectivity index (χ3v) is 7.35. The van der Waals surface area contributed by atoms with Crippen molar-refractivity contribution < 1.29 is 43.2 Å². The largest absolute Gasteiger partial charge is 0.463 e. The van der Waals surface area contributed by atoms with Crippen molar-refractivity contribution in [1.82, 2.24) is 14.6 Å². The summed E-state index contributed by atoms with van der Waals surface area (Å²) in [6.45, 7) is 11.5. The van der Waals surface area contributed by atoms with Crippen molar-refractivity contribution in [3.05, 3.63) is 72.4 Å². The first-order valence-electron chi connectivity index (χ1n) is 14.3. The molecule has 1 fully saturated rings. The Morgan fingerprint density at radius 3 is 2.53 bits per heavy atom. The van der Waals surface area contributed by atoms with Gasteiger partial charge in [-0.25, -0.2) is 14.3 Å². The number of rotatable bonds is 11. The number of carbonyl (C=O) groups excluding carboxylic acids is 3. The summed E-state index contributed by atoms with van der Waals surface area (Å²) < 4.78 is 29.0. The number of aromatic nitrogens is 3. The zero-order valence-electron chi connectivity index (χ0n) is 25.9. The van der Waals surface area contributed by atoms with Gasteiger partial charge in [-0.15, -0.1) is 0 Å². The molecule has 3 heterocycles. The lowest BCUT2D eigenvalue weighted by molar-refractivity contribution is -0.163. The summed E-state index contributed by atoms with van der Waals surface area (Å²) in [5.74, 6) is -0.789. The molecule has 14 heteroatoms. The standard InChI is InChI=1S/C31H39N5O9/c1-18(2)42-17-43-29(40)35-27-20-12-13-22(36(20)34-16-33-27)31(6)26(38)24(44-28(39)25(32)30(3,4)5)21(45-31)15-41-23(37)14-19-10-8-7-9-11-19/h7-13,16,21,24-26,38H,1,14-15,17,32H2,2-6H3,(H,33,34,35,40)/t21-,24-,25-,26-,31+/m1/s1. The van der Waals surface area contributed by atoms with E-state index in [0.29, 0.717) is 17.0 Å². The summed E-state index contributed by atoms with van der Waals surface area (Å²) in [5.41, 5.74) is 5.45. The number of aliphatic hydroxyl groups is 1. The van der Waals surface area contributed by atoms with Crippen molar-refractivity contribution in [1.29, 1.82) is 0 Å². The number of allylic oxidation sites excluding steroid dienone is 1. The molecule has 0 saturated carbocycles. The summed E-state index contributed by atoms with van der Waals surface area (Å²) in [5, 5.41) is 18.5. The molecule has 45 heavy (non-hydrogen) atoms. The number of benzene rings is 1. The minimum absolute atomic E-state index is 0.0184. The highest BCUT2D eigenvalue weighted by Crippen LogP contribution is 2.42. The van der Waals surface area contributed by atoms with Crippen molar-refractivity contribution >= 4 is 29.4 Å². The quantitative estimate of drug-likeness (QED) is 0.123. The monoisotopic (exact) mass is 625 g/mol. The van der Waals surface area contributed by atoms with Crippen LogP contribution in [0.25, 0.3) is 5.52 Å². The van der Waals surface area contributed by atoms with Crippen LogP contribution >= 0.6 is 0 Å². The summed E-state index contributed by atoms with van der Waals surface area (Å²) in [6.07, 6.45) is -3.38. The molecule has 1 aliphatic heterocycles. The molecule has 14 nitrogen and oxygen atoms in total. The maximum absolute atomic E-state index is 13.1. The van der Waals surface area contributed by atoms with Gasteiger partial charge >= 0.3 is 18.0 Å². The second-order valence-corrected chi connectivity index (χ2v) is 11.9. The van der Waals surface area contributed by atoms with Crippen molar-refractivity contribution in [3.8, 4) is 0 Å². The van der Waals surface area contributed by atoms with E-state index in [0.717, 1.165) is 5.56 Å². The molecule has 0 spiro atoms. The lowest BCUT2D eigenvalue weighted by Crippen LogP contribution is -2.49. The zero-order chi connectivity index (χ0) is 32.9. The fourth-order valence-corrected chi connectivity index (χ4v) is 4.72. The summed E-state index contributed by atoms with van der Waals surface area (Å²) in [4.78, 5) is 42.2. The lowest BCUT2D eigenvalue weighted by atomic mass is 9.87. The number of nitrogens with two attached hydrogens (primary N) is 1.